The van der Waals surface area contributed by atoms with E-state index in [0.717, 1.165) is 0 Å². The molecule has 7 nitrogen and oxygen atoms in total. The highest BCUT2D eigenvalue weighted by atomic mass is 127. The molecule has 0 spiro atoms. The van der Waals surface area contributed by atoms with Gasteiger partial charge in [0, 0.05) is 19.3 Å². The van der Waals surface area contributed by atoms with E-state index in [-0.39, 0.29) is 12.5 Å². The summed E-state index contributed by atoms with van der Waals surface area (Å²) < 4.78 is 6.73. The molecule has 0 aliphatic carbocycles. The number of amides is 1. The minimum Gasteiger partial charge on any atom is -0.378 e. The number of morpholine rings is 1. The molecule has 0 radical (unpaired) electrons. The van der Waals surface area contributed by atoms with Gasteiger partial charge in [-0.2, -0.15) is 0 Å². The third-order valence-corrected chi connectivity index (χ3v) is 3.41. The summed E-state index contributed by atoms with van der Waals surface area (Å²) in [6, 6.07) is 0. The molecule has 1 aromatic rings. The predicted molar refractivity (Wildman–Crippen MR) is 71.4 cm³/mol. The number of rotatable bonds is 2. The zero-order valence-electron chi connectivity index (χ0n) is 9.52. The number of halogens is 1. The molecule has 8 heteroatoms. The third-order valence-electron chi connectivity index (χ3n) is 2.64. The Morgan fingerprint density at radius 1 is 1.39 bits per heavy atom. The molecule has 1 aliphatic heterocycles. The van der Waals surface area contributed by atoms with Crippen molar-refractivity contribution in [1.29, 1.82) is 0 Å². The number of nitrogens with one attached hydrogen (secondary N) is 1. The lowest BCUT2D eigenvalue weighted by molar-refractivity contribution is -0.135. The third kappa shape index (κ3) is 2.99. The topological polar surface area (TPSA) is 84.4 Å². The van der Waals surface area contributed by atoms with Gasteiger partial charge in [-0.05, 0) is 22.6 Å². The van der Waals surface area contributed by atoms with Crippen LogP contribution in [-0.4, -0.2) is 46.7 Å². The highest BCUT2D eigenvalue weighted by Gasteiger charge is 2.17. The second kappa shape index (κ2) is 5.65. The Hall–Kier alpha value is -1.16. The fourth-order valence-corrected chi connectivity index (χ4v) is 2.13. The molecule has 0 unspecified atom stereocenters. The van der Waals surface area contributed by atoms with E-state index in [1.807, 2.05) is 22.6 Å². The van der Waals surface area contributed by atoms with Crippen molar-refractivity contribution in [2.45, 2.75) is 6.54 Å². The molecule has 0 bridgehead atoms. The normalized spacial score (nSPS) is 15.7. The highest BCUT2D eigenvalue weighted by Crippen LogP contribution is 1.99. The molecular formula is C10H12IN3O4. The first-order valence-corrected chi connectivity index (χ1v) is 6.50. The van der Waals surface area contributed by atoms with E-state index in [1.54, 1.807) is 4.90 Å². The first kappa shape index (κ1) is 13.3. The monoisotopic (exact) mass is 365 g/mol. The first-order chi connectivity index (χ1) is 8.58. The van der Waals surface area contributed by atoms with Gasteiger partial charge in [0.25, 0.3) is 5.56 Å². The molecule has 1 aromatic heterocycles. The molecule has 2 heterocycles. The number of aromatic amines is 1. The van der Waals surface area contributed by atoms with Crippen molar-refractivity contribution in [3.05, 3.63) is 30.6 Å². The van der Waals surface area contributed by atoms with E-state index in [0.29, 0.717) is 29.9 Å². The zero-order chi connectivity index (χ0) is 13.1. The largest absolute Gasteiger partial charge is 0.378 e. The van der Waals surface area contributed by atoms with Crippen LogP contribution in [0.1, 0.15) is 0 Å². The van der Waals surface area contributed by atoms with Crippen molar-refractivity contribution >= 4 is 28.5 Å². The Bertz CT molecular complexity index is 559. The van der Waals surface area contributed by atoms with Crippen molar-refractivity contribution in [3.63, 3.8) is 0 Å². The summed E-state index contributed by atoms with van der Waals surface area (Å²) >= 11 is 1.82. The van der Waals surface area contributed by atoms with Gasteiger partial charge in [-0.25, -0.2) is 4.79 Å². The minimum atomic E-state index is -0.568. The van der Waals surface area contributed by atoms with Gasteiger partial charge in [0.05, 0.1) is 16.8 Å². The van der Waals surface area contributed by atoms with Crippen molar-refractivity contribution in [3.8, 4) is 0 Å². The Morgan fingerprint density at radius 2 is 2.06 bits per heavy atom. The van der Waals surface area contributed by atoms with Gasteiger partial charge in [0.2, 0.25) is 5.91 Å². The Kier molecular flexibility index (Phi) is 4.17. The predicted octanol–water partition coefficient (Wildman–Crippen LogP) is -1.000. The minimum absolute atomic E-state index is 0.0639. The number of carbonyl (C=O) groups excluding carboxylic acids is 1. The van der Waals surface area contributed by atoms with E-state index in [9.17, 15) is 14.4 Å². The van der Waals surface area contributed by atoms with Gasteiger partial charge in [-0.3, -0.25) is 19.1 Å². The van der Waals surface area contributed by atoms with Crippen LogP contribution in [0.2, 0.25) is 0 Å². The van der Waals surface area contributed by atoms with Crippen LogP contribution in [0.15, 0.2) is 15.8 Å². The molecular weight excluding hydrogens is 353 g/mol. The van der Waals surface area contributed by atoms with Crippen LogP contribution in [0.3, 0.4) is 0 Å². The van der Waals surface area contributed by atoms with Crippen LogP contribution < -0.4 is 11.2 Å². The van der Waals surface area contributed by atoms with Gasteiger partial charge in [0.1, 0.15) is 6.54 Å². The fraction of sp³-hybridized carbons (Fsp3) is 0.500. The quantitative estimate of drug-likeness (QED) is 0.682. The molecule has 0 atom stereocenters. The average Bonchev–Trinajstić information content (AvgIpc) is 2.37. The number of hydrogen-bond acceptors (Lipinski definition) is 4. The molecule has 1 amide bonds. The lowest BCUT2D eigenvalue weighted by Crippen LogP contribution is -2.44. The maximum atomic E-state index is 11.9. The average molecular weight is 365 g/mol. The Balaban J connectivity index is 2.13. The van der Waals surface area contributed by atoms with Crippen molar-refractivity contribution in [1.82, 2.24) is 14.5 Å². The summed E-state index contributed by atoms with van der Waals surface area (Å²) in [7, 11) is 0. The number of hydrogen-bond donors (Lipinski definition) is 1. The van der Waals surface area contributed by atoms with Crippen molar-refractivity contribution < 1.29 is 9.53 Å². The van der Waals surface area contributed by atoms with E-state index in [4.69, 9.17) is 4.74 Å². The van der Waals surface area contributed by atoms with Gasteiger partial charge < -0.3 is 9.64 Å². The SMILES string of the molecule is O=C(Cn1cc(I)c(=O)[nH]c1=O)N1CCOCC1. The standard InChI is InChI=1S/C10H12IN3O4/c11-7-5-14(10(17)12-9(7)16)6-8(15)13-1-3-18-4-2-13/h5H,1-4,6H2,(H,12,16,17). The van der Waals surface area contributed by atoms with Crippen molar-refractivity contribution in [2.24, 2.45) is 0 Å². The molecule has 2 rings (SSSR count). The summed E-state index contributed by atoms with van der Waals surface area (Å²) in [6.45, 7) is 2.04. The number of H-pyrrole nitrogens is 1. The Labute approximate surface area is 116 Å². The summed E-state index contributed by atoms with van der Waals surface area (Å²) in [5, 5.41) is 0. The lowest BCUT2D eigenvalue weighted by Gasteiger charge is -2.26. The summed E-state index contributed by atoms with van der Waals surface area (Å²) in [5.74, 6) is -0.150. The molecule has 1 N–H and O–H groups in total. The van der Waals surface area contributed by atoms with Crippen LogP contribution >= 0.6 is 22.6 Å². The second-order valence-electron chi connectivity index (χ2n) is 3.86. The lowest BCUT2D eigenvalue weighted by atomic mass is 10.4. The van der Waals surface area contributed by atoms with Gasteiger partial charge in [-0.15, -0.1) is 0 Å². The van der Waals surface area contributed by atoms with E-state index in [1.165, 1.54) is 10.8 Å². The summed E-state index contributed by atoms with van der Waals surface area (Å²) in [5.41, 5.74) is -1.00. The highest BCUT2D eigenvalue weighted by molar-refractivity contribution is 14.1. The van der Waals surface area contributed by atoms with E-state index < -0.39 is 11.2 Å². The number of nitrogens with zero attached hydrogens (tertiary/aromatic N) is 2. The molecule has 0 saturated carbocycles. The second-order valence-corrected chi connectivity index (χ2v) is 5.02. The summed E-state index contributed by atoms with van der Waals surface area (Å²) in [4.78, 5) is 38.5. The fourth-order valence-electron chi connectivity index (χ4n) is 1.66. The number of ether oxygens (including phenoxy) is 1. The van der Waals surface area contributed by atoms with Gasteiger partial charge in [-0.1, -0.05) is 0 Å². The van der Waals surface area contributed by atoms with Crippen LogP contribution in [0, 0.1) is 3.57 Å². The number of aromatic nitrogens is 2. The van der Waals surface area contributed by atoms with Crippen LogP contribution in [0.4, 0.5) is 0 Å². The van der Waals surface area contributed by atoms with E-state index in [2.05, 4.69) is 4.98 Å². The molecule has 1 saturated heterocycles. The van der Waals surface area contributed by atoms with Gasteiger partial charge >= 0.3 is 5.69 Å². The van der Waals surface area contributed by atoms with Gasteiger partial charge in [0.15, 0.2) is 0 Å². The Morgan fingerprint density at radius 3 is 2.72 bits per heavy atom. The smallest absolute Gasteiger partial charge is 0.328 e. The van der Waals surface area contributed by atoms with Crippen molar-refractivity contribution in [2.75, 3.05) is 26.3 Å². The van der Waals surface area contributed by atoms with Crippen LogP contribution in [0.5, 0.6) is 0 Å². The number of carbonyl (C=O) groups is 1. The molecule has 1 fully saturated rings. The maximum Gasteiger partial charge on any atom is 0.328 e. The molecule has 1 aliphatic rings. The van der Waals surface area contributed by atoms with Crippen LogP contribution in [0.25, 0.3) is 0 Å². The zero-order valence-corrected chi connectivity index (χ0v) is 11.7. The first-order valence-electron chi connectivity index (χ1n) is 5.43. The molecule has 0 aromatic carbocycles. The molecule has 98 valence electrons. The van der Waals surface area contributed by atoms with Crippen LogP contribution in [-0.2, 0) is 16.1 Å². The summed E-state index contributed by atoms with van der Waals surface area (Å²) in [6.07, 6.45) is 1.39. The maximum absolute atomic E-state index is 11.9. The molecule has 18 heavy (non-hydrogen) atoms. The van der Waals surface area contributed by atoms with E-state index >= 15 is 0 Å².